The summed E-state index contributed by atoms with van der Waals surface area (Å²) in [6.45, 7) is 3.99. The summed E-state index contributed by atoms with van der Waals surface area (Å²) in [5, 5.41) is 4.77. The molecule has 4 nitrogen and oxygen atoms in total. The number of hydrogen-bond acceptors (Lipinski definition) is 2. The summed E-state index contributed by atoms with van der Waals surface area (Å²) in [7, 11) is 0. The molecule has 2 aromatic heterocycles. The Labute approximate surface area is 141 Å². The second-order valence-electron chi connectivity index (χ2n) is 6.18. The maximum Gasteiger partial charge on any atom is 0.204 e. The van der Waals surface area contributed by atoms with Crippen LogP contribution in [0.5, 0.6) is 0 Å². The van der Waals surface area contributed by atoms with Gasteiger partial charge >= 0.3 is 0 Å². The zero-order valence-electron chi connectivity index (χ0n) is 13.9. The van der Waals surface area contributed by atoms with Gasteiger partial charge in [-0.2, -0.15) is 0 Å². The van der Waals surface area contributed by atoms with E-state index < -0.39 is 0 Å². The zero-order valence-corrected chi connectivity index (χ0v) is 13.9. The summed E-state index contributed by atoms with van der Waals surface area (Å²) in [6, 6.07) is 17.0. The quantitative estimate of drug-likeness (QED) is 0.529. The topological polar surface area (TPSA) is 45.6 Å². The van der Waals surface area contributed by atoms with Crippen LogP contribution in [-0.4, -0.2) is 14.5 Å². The number of hydrogen-bond donors (Lipinski definition) is 2. The van der Waals surface area contributed by atoms with Crippen molar-refractivity contribution in [2.45, 2.75) is 32.9 Å². The molecule has 4 rings (SSSR count). The van der Waals surface area contributed by atoms with E-state index in [-0.39, 0.29) is 0 Å². The third kappa shape index (κ3) is 2.75. The lowest BCUT2D eigenvalue weighted by Gasteiger charge is -2.10. The van der Waals surface area contributed by atoms with Crippen molar-refractivity contribution in [3.63, 3.8) is 0 Å². The van der Waals surface area contributed by atoms with Gasteiger partial charge in [-0.05, 0) is 47.7 Å². The minimum atomic E-state index is 0.774. The number of fused-ring (bicyclic) bond motifs is 2. The summed E-state index contributed by atoms with van der Waals surface area (Å²) in [5.74, 6) is 0.957. The number of imidazole rings is 1. The number of rotatable bonds is 6. The van der Waals surface area contributed by atoms with Crippen LogP contribution in [0.3, 0.4) is 0 Å². The van der Waals surface area contributed by atoms with Crippen molar-refractivity contribution in [2.75, 3.05) is 5.32 Å². The number of nitrogens with one attached hydrogen (secondary N) is 2. The number of nitrogens with zero attached hydrogens (tertiary/aromatic N) is 2. The van der Waals surface area contributed by atoms with Crippen molar-refractivity contribution < 1.29 is 0 Å². The van der Waals surface area contributed by atoms with Crippen LogP contribution >= 0.6 is 0 Å². The normalized spacial score (nSPS) is 11.4. The lowest BCUT2D eigenvalue weighted by Crippen LogP contribution is -2.08. The predicted octanol–water partition coefficient (Wildman–Crippen LogP) is 4.93. The van der Waals surface area contributed by atoms with Gasteiger partial charge in [-0.15, -0.1) is 0 Å². The number of aromatic amines is 1. The number of para-hydroxylation sites is 2. The molecule has 2 heterocycles. The number of benzene rings is 2. The molecule has 0 atom stereocenters. The molecule has 0 unspecified atom stereocenters. The lowest BCUT2D eigenvalue weighted by molar-refractivity contribution is 0.649. The van der Waals surface area contributed by atoms with Gasteiger partial charge in [0, 0.05) is 24.8 Å². The first-order valence-electron chi connectivity index (χ1n) is 8.60. The molecule has 0 amide bonds. The lowest BCUT2D eigenvalue weighted by atomic mass is 10.1. The fourth-order valence-corrected chi connectivity index (χ4v) is 3.15. The van der Waals surface area contributed by atoms with Gasteiger partial charge in [-0.3, -0.25) is 0 Å². The zero-order chi connectivity index (χ0) is 16.4. The number of H-pyrrole nitrogens is 1. The van der Waals surface area contributed by atoms with Crippen LogP contribution in [0.4, 0.5) is 5.95 Å². The Hall–Kier alpha value is -2.75. The largest absolute Gasteiger partial charge is 0.361 e. The molecule has 0 spiro atoms. The number of anilines is 1. The Kier molecular flexibility index (Phi) is 3.95. The van der Waals surface area contributed by atoms with Crippen LogP contribution in [-0.2, 0) is 13.1 Å². The molecule has 0 saturated heterocycles. The van der Waals surface area contributed by atoms with Gasteiger partial charge in [0.2, 0.25) is 5.95 Å². The highest BCUT2D eigenvalue weighted by Crippen LogP contribution is 2.21. The summed E-state index contributed by atoms with van der Waals surface area (Å²) in [6.07, 6.45) is 4.31. The molecule has 0 aliphatic carbocycles. The fourth-order valence-electron chi connectivity index (χ4n) is 3.15. The molecular weight excluding hydrogens is 296 g/mol. The van der Waals surface area contributed by atoms with Crippen LogP contribution in [0.1, 0.15) is 25.3 Å². The Bertz CT molecular complexity index is 964. The first-order valence-corrected chi connectivity index (χ1v) is 8.60. The highest BCUT2D eigenvalue weighted by Gasteiger charge is 2.09. The number of unbranched alkanes of at least 4 members (excludes halogenated alkanes) is 1. The molecule has 122 valence electrons. The van der Waals surface area contributed by atoms with Gasteiger partial charge < -0.3 is 14.9 Å². The second kappa shape index (κ2) is 6.40. The molecule has 0 saturated carbocycles. The standard InChI is InChI=1S/C20H22N4/c1-2-3-12-24-19-7-5-4-6-18(19)23-20(24)22-14-15-8-9-17-16(13-15)10-11-21-17/h4-11,13,21H,2-3,12,14H2,1H3,(H,22,23). The fraction of sp³-hybridized carbons (Fsp3) is 0.250. The van der Waals surface area contributed by atoms with Crippen molar-refractivity contribution in [2.24, 2.45) is 0 Å². The maximum absolute atomic E-state index is 4.78. The van der Waals surface area contributed by atoms with Gasteiger partial charge in [-0.25, -0.2) is 4.98 Å². The minimum Gasteiger partial charge on any atom is -0.361 e. The molecule has 0 aliphatic heterocycles. The maximum atomic E-state index is 4.78. The minimum absolute atomic E-state index is 0.774. The van der Waals surface area contributed by atoms with E-state index in [1.807, 2.05) is 12.3 Å². The van der Waals surface area contributed by atoms with Gasteiger partial charge in [0.1, 0.15) is 0 Å². The van der Waals surface area contributed by atoms with Crippen molar-refractivity contribution in [3.8, 4) is 0 Å². The molecule has 24 heavy (non-hydrogen) atoms. The summed E-state index contributed by atoms with van der Waals surface area (Å²) >= 11 is 0. The second-order valence-corrected chi connectivity index (χ2v) is 6.18. The van der Waals surface area contributed by atoms with Gasteiger partial charge in [0.25, 0.3) is 0 Å². The van der Waals surface area contributed by atoms with E-state index in [0.717, 1.165) is 31.0 Å². The molecule has 2 N–H and O–H groups in total. The first kappa shape index (κ1) is 14.8. The van der Waals surface area contributed by atoms with Crippen molar-refractivity contribution in [1.29, 1.82) is 0 Å². The first-order chi connectivity index (χ1) is 11.8. The number of aryl methyl sites for hydroxylation is 1. The Balaban J connectivity index is 1.60. The average molecular weight is 318 g/mol. The van der Waals surface area contributed by atoms with E-state index in [1.54, 1.807) is 0 Å². The van der Waals surface area contributed by atoms with Crippen molar-refractivity contribution in [1.82, 2.24) is 14.5 Å². The number of aromatic nitrogens is 3. The van der Waals surface area contributed by atoms with Crippen LogP contribution in [0.25, 0.3) is 21.9 Å². The molecule has 0 aliphatic rings. The van der Waals surface area contributed by atoms with Crippen molar-refractivity contribution in [3.05, 3.63) is 60.3 Å². The van der Waals surface area contributed by atoms with Crippen LogP contribution in [0, 0.1) is 0 Å². The SMILES string of the molecule is CCCCn1c(NCc2ccc3[nH]ccc3c2)nc2ccccc21. The highest BCUT2D eigenvalue weighted by molar-refractivity contribution is 5.80. The van der Waals surface area contributed by atoms with Crippen LogP contribution in [0.2, 0.25) is 0 Å². The predicted molar refractivity (Wildman–Crippen MR) is 100 cm³/mol. The summed E-state index contributed by atoms with van der Waals surface area (Å²) in [4.78, 5) is 8.01. The van der Waals surface area contributed by atoms with Crippen LogP contribution < -0.4 is 5.32 Å². The molecule has 4 heteroatoms. The van der Waals surface area contributed by atoms with Gasteiger partial charge in [0.05, 0.1) is 11.0 Å². The van der Waals surface area contributed by atoms with E-state index in [9.17, 15) is 0 Å². The Morgan fingerprint density at radius 3 is 2.96 bits per heavy atom. The Morgan fingerprint density at radius 2 is 2.04 bits per heavy atom. The van der Waals surface area contributed by atoms with E-state index in [2.05, 4.69) is 64.3 Å². The van der Waals surface area contributed by atoms with E-state index in [1.165, 1.54) is 28.4 Å². The van der Waals surface area contributed by atoms with Crippen LogP contribution in [0.15, 0.2) is 54.7 Å². The molecule has 0 radical (unpaired) electrons. The van der Waals surface area contributed by atoms with Gasteiger partial charge in [0.15, 0.2) is 0 Å². The molecule has 4 aromatic rings. The smallest absolute Gasteiger partial charge is 0.204 e. The Morgan fingerprint density at radius 1 is 1.12 bits per heavy atom. The third-order valence-corrected chi connectivity index (χ3v) is 4.46. The van der Waals surface area contributed by atoms with E-state index in [0.29, 0.717) is 0 Å². The summed E-state index contributed by atoms with van der Waals surface area (Å²) < 4.78 is 2.30. The van der Waals surface area contributed by atoms with E-state index >= 15 is 0 Å². The van der Waals surface area contributed by atoms with Gasteiger partial charge in [-0.1, -0.05) is 31.5 Å². The third-order valence-electron chi connectivity index (χ3n) is 4.46. The highest BCUT2D eigenvalue weighted by atomic mass is 15.2. The van der Waals surface area contributed by atoms with E-state index in [4.69, 9.17) is 4.98 Å². The molecule has 0 bridgehead atoms. The monoisotopic (exact) mass is 318 g/mol. The molecule has 2 aromatic carbocycles. The summed E-state index contributed by atoms with van der Waals surface area (Å²) in [5.41, 5.74) is 4.69. The average Bonchev–Trinajstić information content (AvgIpc) is 3.21. The molecular formula is C20H22N4. The molecule has 0 fully saturated rings. The van der Waals surface area contributed by atoms with Crippen molar-refractivity contribution >= 4 is 27.9 Å².